The quantitative estimate of drug-likeness (QED) is 0.0274. The standard InChI is InChI=1S/C116H128N2O6/c1-3-5-7-25-83-123-115-89-110(66-52-102-42-34-40-100(88-102)50-48-98-38-32-36-96(86-98)46-44-94-59-73-112(74-60-94)120-80-28-22-18-14-10-12-16-20-24-30-82-122-114-77-69-108(70-78-114)106-63-55-104(92-118)56-64-106)116(124-84-26-8-6-4-2)90-109(115)65-51-101-41-33-39-99(87-101)49-47-97-37-31-35-95(85-97)45-43-93-57-71-111(72-58-93)119-79-27-21-17-13-9-11-15-19-23-29-81-121-113-75-67-107(68-76-113)105-61-53-103(91-117)54-62-105/h31-78,85-90H,3-30,79-84H2,1-2H3/b45-43+,46-44+,49-47-,50-48+,65-51+,66-52+. The number of ether oxygens (including phenoxy) is 6. The van der Waals surface area contributed by atoms with E-state index >= 15 is 0 Å². The van der Waals surface area contributed by atoms with Crippen LogP contribution < -0.4 is 28.4 Å². The van der Waals surface area contributed by atoms with Crippen LogP contribution in [0.3, 0.4) is 0 Å². The van der Waals surface area contributed by atoms with E-state index in [0.717, 1.165) is 201 Å². The van der Waals surface area contributed by atoms with E-state index in [1.165, 1.54) is 128 Å². The van der Waals surface area contributed by atoms with Crippen LogP contribution in [0.4, 0.5) is 0 Å². The maximum Gasteiger partial charge on any atom is 0.127 e. The van der Waals surface area contributed by atoms with Crippen molar-refractivity contribution in [2.45, 2.75) is 194 Å². The molecule has 0 aliphatic carbocycles. The van der Waals surface area contributed by atoms with Crippen LogP contribution in [0.2, 0.25) is 0 Å². The van der Waals surface area contributed by atoms with Crippen LogP contribution in [0.1, 0.15) is 272 Å². The summed E-state index contributed by atoms with van der Waals surface area (Å²) in [4.78, 5) is 0. The number of hydrogen-bond donors (Lipinski definition) is 0. The van der Waals surface area contributed by atoms with Crippen LogP contribution >= 0.6 is 0 Å². The lowest BCUT2D eigenvalue weighted by atomic mass is 10.0. The van der Waals surface area contributed by atoms with Gasteiger partial charge in [-0.3, -0.25) is 0 Å². The molecular formula is C116H128N2O6. The number of rotatable bonds is 56. The van der Waals surface area contributed by atoms with Gasteiger partial charge in [0.15, 0.2) is 0 Å². The fraction of sp³-hybridized carbons (Fsp3) is 0.310. The predicted octanol–water partition coefficient (Wildman–Crippen LogP) is 32.4. The lowest BCUT2D eigenvalue weighted by Gasteiger charge is -2.15. The number of nitriles is 2. The highest BCUT2D eigenvalue weighted by molar-refractivity contribution is 5.82. The van der Waals surface area contributed by atoms with Gasteiger partial charge in [0, 0.05) is 11.1 Å². The molecule has 11 rings (SSSR count). The van der Waals surface area contributed by atoms with Crippen LogP contribution in [0, 0.1) is 22.7 Å². The highest BCUT2D eigenvalue weighted by Crippen LogP contribution is 2.35. The Morgan fingerprint density at radius 3 is 0.645 bits per heavy atom. The molecule has 8 nitrogen and oxygen atoms in total. The molecule has 0 fully saturated rings. The molecule has 0 aromatic heterocycles. The molecule has 0 bridgehead atoms. The molecule has 0 atom stereocenters. The first-order chi connectivity index (χ1) is 61.3. The van der Waals surface area contributed by atoms with Gasteiger partial charge in [-0.25, -0.2) is 0 Å². The van der Waals surface area contributed by atoms with Crippen molar-refractivity contribution in [2.75, 3.05) is 39.6 Å². The largest absolute Gasteiger partial charge is 0.494 e. The summed E-state index contributed by atoms with van der Waals surface area (Å²) in [6.45, 7) is 8.79. The molecule has 0 saturated carbocycles. The molecule has 0 unspecified atom stereocenters. The van der Waals surface area contributed by atoms with E-state index in [1.54, 1.807) is 0 Å². The van der Waals surface area contributed by atoms with Gasteiger partial charge in [0.2, 0.25) is 0 Å². The van der Waals surface area contributed by atoms with Gasteiger partial charge in [-0.1, -0.05) is 374 Å². The minimum atomic E-state index is 0.650. The molecule has 0 radical (unpaired) electrons. The molecular weight excluding hydrogens is 1520 g/mol. The minimum absolute atomic E-state index is 0.650. The Balaban J connectivity index is 0.586. The molecule has 0 spiro atoms. The van der Waals surface area contributed by atoms with Crippen molar-refractivity contribution < 1.29 is 28.4 Å². The highest BCUT2D eigenvalue weighted by Gasteiger charge is 2.13. The third-order valence-corrected chi connectivity index (χ3v) is 22.4. The zero-order valence-corrected chi connectivity index (χ0v) is 73.6. The summed E-state index contributed by atoms with van der Waals surface area (Å²) in [7, 11) is 0. The van der Waals surface area contributed by atoms with Gasteiger partial charge in [0.1, 0.15) is 34.5 Å². The number of hydrogen-bond acceptors (Lipinski definition) is 8. The molecule has 8 heteroatoms. The van der Waals surface area contributed by atoms with Crippen molar-refractivity contribution in [1.82, 2.24) is 0 Å². The maximum atomic E-state index is 9.07. The van der Waals surface area contributed by atoms with Crippen molar-refractivity contribution in [3.8, 4) is 68.9 Å². The Morgan fingerprint density at radius 1 is 0.202 bits per heavy atom. The Kier molecular flexibility index (Phi) is 40.9. The van der Waals surface area contributed by atoms with Crippen LogP contribution in [-0.4, -0.2) is 39.6 Å². The maximum absolute atomic E-state index is 9.07. The van der Waals surface area contributed by atoms with E-state index in [9.17, 15) is 0 Å². The van der Waals surface area contributed by atoms with E-state index in [0.29, 0.717) is 24.3 Å². The Morgan fingerprint density at radius 2 is 0.403 bits per heavy atom. The second-order valence-corrected chi connectivity index (χ2v) is 32.5. The van der Waals surface area contributed by atoms with E-state index in [1.807, 2.05) is 72.8 Å². The average Bonchev–Trinajstić information content (AvgIpc) is 0.818. The van der Waals surface area contributed by atoms with E-state index in [4.69, 9.17) is 38.9 Å². The Hall–Kier alpha value is -12.4. The summed E-state index contributed by atoms with van der Waals surface area (Å²) < 4.78 is 37.7. The van der Waals surface area contributed by atoms with Crippen molar-refractivity contribution in [3.63, 3.8) is 0 Å². The van der Waals surface area contributed by atoms with Crippen LogP contribution in [0.25, 0.3) is 95.2 Å². The third kappa shape index (κ3) is 34.5. The zero-order chi connectivity index (χ0) is 85.7. The smallest absolute Gasteiger partial charge is 0.127 e. The third-order valence-electron chi connectivity index (χ3n) is 22.4. The lowest BCUT2D eigenvalue weighted by Crippen LogP contribution is -2.03. The SMILES string of the molecule is CCCCCCOc1cc(/C=C/c2cccc(/C=C/c3cccc(/C=C/c4ccc(OCCCCCCCCCCCCOc5ccc(-c6ccc(C#N)cc6)cc5)cc4)c3)c2)c(OCCCCCC)cc1/C=C/c1cccc(/C=C\c2cccc(/C=C/c3ccc(OCCCCCCCCCCCCOc4ccc(-c5ccc(C#N)cc5)cc4)cc3)c2)c1. The lowest BCUT2D eigenvalue weighted by molar-refractivity contribution is 0.296. The van der Waals surface area contributed by atoms with E-state index in [-0.39, 0.29) is 0 Å². The summed E-state index contributed by atoms with van der Waals surface area (Å²) in [5.41, 5.74) is 19.1. The second-order valence-electron chi connectivity index (χ2n) is 32.5. The predicted molar refractivity (Wildman–Crippen MR) is 525 cm³/mol. The molecule has 11 aromatic carbocycles. The summed E-state index contributed by atoms with van der Waals surface area (Å²) >= 11 is 0. The molecule has 0 saturated heterocycles. The summed E-state index contributed by atoms with van der Waals surface area (Å²) in [5, 5.41) is 18.1. The topological polar surface area (TPSA) is 103 Å². The van der Waals surface area contributed by atoms with E-state index in [2.05, 4.69) is 281 Å². The normalized spacial score (nSPS) is 11.5. The molecule has 11 aromatic rings. The average molecular weight is 1650 g/mol. The van der Waals surface area contributed by atoms with Crippen LogP contribution in [-0.2, 0) is 0 Å². The van der Waals surface area contributed by atoms with Gasteiger partial charge in [-0.15, -0.1) is 0 Å². The summed E-state index contributed by atoms with van der Waals surface area (Å²) in [6.07, 6.45) is 59.8. The van der Waals surface area contributed by atoms with Gasteiger partial charge in [0.25, 0.3) is 0 Å². The van der Waals surface area contributed by atoms with Gasteiger partial charge >= 0.3 is 0 Å². The van der Waals surface area contributed by atoms with Gasteiger partial charge in [-0.2, -0.15) is 10.5 Å². The first-order valence-corrected chi connectivity index (χ1v) is 46.2. The molecule has 638 valence electrons. The van der Waals surface area contributed by atoms with Crippen molar-refractivity contribution in [3.05, 3.63) is 333 Å². The first-order valence-electron chi connectivity index (χ1n) is 46.2. The molecule has 124 heavy (non-hydrogen) atoms. The van der Waals surface area contributed by atoms with Crippen molar-refractivity contribution in [2.24, 2.45) is 0 Å². The number of benzene rings is 11. The van der Waals surface area contributed by atoms with Crippen LogP contribution in [0.5, 0.6) is 34.5 Å². The summed E-state index contributed by atoms with van der Waals surface area (Å²) in [6, 6.07) is 92.1. The summed E-state index contributed by atoms with van der Waals surface area (Å²) in [5.74, 6) is 5.36. The van der Waals surface area contributed by atoms with E-state index < -0.39 is 0 Å². The molecule has 0 aliphatic heterocycles. The van der Waals surface area contributed by atoms with Crippen molar-refractivity contribution in [1.29, 1.82) is 10.5 Å². The Bertz CT molecular complexity index is 4860. The van der Waals surface area contributed by atoms with Gasteiger partial charge in [0.05, 0.1) is 62.9 Å². The molecule has 0 heterocycles. The zero-order valence-electron chi connectivity index (χ0n) is 73.6. The Labute approximate surface area is 742 Å². The number of unbranched alkanes of at least 4 members (excludes halogenated alkanes) is 24. The van der Waals surface area contributed by atoms with Gasteiger partial charge in [-0.05, 0) is 226 Å². The number of nitrogens with zero attached hydrogens (tertiary/aromatic N) is 2. The highest BCUT2D eigenvalue weighted by atomic mass is 16.5. The minimum Gasteiger partial charge on any atom is -0.494 e. The van der Waals surface area contributed by atoms with Crippen molar-refractivity contribution >= 4 is 72.9 Å². The molecule has 0 aliphatic rings. The second kappa shape index (κ2) is 54.9. The fourth-order valence-electron chi connectivity index (χ4n) is 15.0. The van der Waals surface area contributed by atoms with Gasteiger partial charge < -0.3 is 28.4 Å². The van der Waals surface area contributed by atoms with Crippen LogP contribution in [0.15, 0.2) is 255 Å². The monoisotopic (exact) mass is 1640 g/mol. The molecule has 0 N–H and O–H groups in total. The fourth-order valence-corrected chi connectivity index (χ4v) is 15.0. The molecule has 0 amide bonds. The first kappa shape index (κ1) is 92.4.